The van der Waals surface area contributed by atoms with Crippen molar-refractivity contribution in [1.29, 1.82) is 0 Å². The molecule has 0 fully saturated rings. The van der Waals surface area contributed by atoms with Gasteiger partial charge in [-0.25, -0.2) is 17.9 Å². The smallest absolute Gasteiger partial charge is 0.257 e. The number of halogens is 1. The van der Waals surface area contributed by atoms with Gasteiger partial charge in [0.2, 0.25) is 10.0 Å². The number of primary sulfonamides is 1. The molecule has 1 heterocycles. The number of rotatable bonds is 3. The third-order valence-corrected chi connectivity index (χ3v) is 3.35. The Labute approximate surface area is 114 Å². The summed E-state index contributed by atoms with van der Waals surface area (Å²) < 4.78 is 35.8. The normalized spacial score (nSPS) is 11.1. The predicted octanol–water partition coefficient (Wildman–Crippen LogP) is 1.12. The molecule has 1 amide bonds. The number of sulfonamides is 1. The Morgan fingerprint density at radius 1 is 1.30 bits per heavy atom. The number of pyridine rings is 1. The fourth-order valence-electron chi connectivity index (χ4n) is 1.47. The van der Waals surface area contributed by atoms with Gasteiger partial charge >= 0.3 is 0 Å². The van der Waals surface area contributed by atoms with Crippen LogP contribution in [0.25, 0.3) is 0 Å². The first-order chi connectivity index (χ1) is 9.38. The van der Waals surface area contributed by atoms with E-state index in [2.05, 4.69) is 10.3 Å². The highest BCUT2D eigenvalue weighted by Gasteiger charge is 2.13. The van der Waals surface area contributed by atoms with Crippen molar-refractivity contribution >= 4 is 21.6 Å². The maximum Gasteiger partial charge on any atom is 0.257 e. The van der Waals surface area contributed by atoms with Crippen molar-refractivity contribution in [2.24, 2.45) is 5.14 Å². The van der Waals surface area contributed by atoms with Gasteiger partial charge in [-0.2, -0.15) is 0 Å². The number of hydrogen-bond donors (Lipinski definition) is 2. The Hall–Kier alpha value is -2.32. The van der Waals surface area contributed by atoms with Crippen molar-refractivity contribution < 1.29 is 17.6 Å². The Morgan fingerprint density at radius 2 is 2.05 bits per heavy atom. The lowest BCUT2D eigenvalue weighted by atomic mass is 10.2. The summed E-state index contributed by atoms with van der Waals surface area (Å²) in [7, 11) is -3.99. The zero-order valence-corrected chi connectivity index (χ0v) is 10.9. The first-order valence-corrected chi connectivity index (χ1v) is 6.96. The minimum atomic E-state index is -3.99. The van der Waals surface area contributed by atoms with Crippen molar-refractivity contribution in [2.45, 2.75) is 4.90 Å². The maximum atomic E-state index is 13.7. The second-order valence-electron chi connectivity index (χ2n) is 3.88. The van der Waals surface area contributed by atoms with E-state index in [0.29, 0.717) is 0 Å². The number of hydrogen-bond acceptors (Lipinski definition) is 4. The van der Waals surface area contributed by atoms with E-state index in [1.807, 2.05) is 0 Å². The van der Waals surface area contributed by atoms with Gasteiger partial charge < -0.3 is 5.32 Å². The van der Waals surface area contributed by atoms with Crippen molar-refractivity contribution in [2.75, 3.05) is 5.32 Å². The Balaban J connectivity index is 2.25. The summed E-state index contributed by atoms with van der Waals surface area (Å²) in [6.07, 6.45) is 2.82. The molecule has 0 aliphatic carbocycles. The Bertz CT molecular complexity index is 748. The molecule has 1 aromatic heterocycles. The number of nitrogens with two attached hydrogens (primary N) is 1. The zero-order chi connectivity index (χ0) is 14.8. The van der Waals surface area contributed by atoms with Crippen LogP contribution in [0.4, 0.5) is 10.1 Å². The molecule has 0 spiro atoms. The highest BCUT2D eigenvalue weighted by molar-refractivity contribution is 7.89. The van der Waals surface area contributed by atoms with E-state index >= 15 is 0 Å². The van der Waals surface area contributed by atoms with Gasteiger partial charge in [-0.1, -0.05) is 0 Å². The lowest BCUT2D eigenvalue weighted by Crippen LogP contribution is -2.15. The number of nitrogens with one attached hydrogen (secondary N) is 1. The fraction of sp³-hybridized carbons (Fsp3) is 0. The molecule has 0 atom stereocenters. The topological polar surface area (TPSA) is 102 Å². The highest BCUT2D eigenvalue weighted by Crippen LogP contribution is 2.18. The Morgan fingerprint density at radius 3 is 2.60 bits per heavy atom. The summed E-state index contributed by atoms with van der Waals surface area (Å²) in [5.41, 5.74) is 0.105. The monoisotopic (exact) mass is 295 g/mol. The quantitative estimate of drug-likeness (QED) is 0.885. The molecule has 2 aromatic rings. The number of aromatic nitrogens is 1. The van der Waals surface area contributed by atoms with E-state index in [1.165, 1.54) is 18.5 Å². The average molecular weight is 295 g/mol. The highest BCUT2D eigenvalue weighted by atomic mass is 32.2. The third-order valence-electron chi connectivity index (χ3n) is 2.44. The fourth-order valence-corrected chi connectivity index (χ4v) is 1.99. The van der Waals surface area contributed by atoms with Gasteiger partial charge in [0, 0.05) is 12.4 Å². The van der Waals surface area contributed by atoms with Crippen LogP contribution in [0.1, 0.15) is 10.4 Å². The van der Waals surface area contributed by atoms with Gasteiger partial charge in [-0.15, -0.1) is 0 Å². The number of carbonyl (C=O) groups is 1. The number of anilines is 1. The largest absolute Gasteiger partial charge is 0.319 e. The van der Waals surface area contributed by atoms with Crippen LogP contribution >= 0.6 is 0 Å². The molecule has 104 valence electrons. The van der Waals surface area contributed by atoms with Crippen LogP contribution in [-0.4, -0.2) is 19.3 Å². The SMILES string of the molecule is NS(=O)(=O)c1ccc(NC(=O)c2cccnc2)c(F)c1. The van der Waals surface area contributed by atoms with E-state index in [4.69, 9.17) is 5.14 Å². The second kappa shape index (κ2) is 5.35. The van der Waals surface area contributed by atoms with E-state index in [9.17, 15) is 17.6 Å². The second-order valence-corrected chi connectivity index (χ2v) is 5.44. The van der Waals surface area contributed by atoms with Crippen molar-refractivity contribution in [1.82, 2.24) is 4.98 Å². The van der Waals surface area contributed by atoms with Gasteiger partial charge in [0.15, 0.2) is 0 Å². The van der Waals surface area contributed by atoms with Gasteiger partial charge in [0.05, 0.1) is 16.1 Å². The standard InChI is InChI=1S/C12H10FN3O3S/c13-10-6-9(20(14,18)19)3-4-11(10)16-12(17)8-2-1-5-15-7-8/h1-7H,(H,16,17)(H2,14,18,19). The molecule has 0 unspecified atom stereocenters. The summed E-state index contributed by atoms with van der Waals surface area (Å²) >= 11 is 0. The summed E-state index contributed by atoms with van der Waals surface area (Å²) in [6.45, 7) is 0. The van der Waals surface area contributed by atoms with E-state index < -0.39 is 21.7 Å². The van der Waals surface area contributed by atoms with E-state index in [1.54, 1.807) is 6.07 Å². The van der Waals surface area contributed by atoms with Crippen molar-refractivity contribution in [3.8, 4) is 0 Å². The molecule has 0 aliphatic heterocycles. The molecular formula is C12H10FN3O3S. The van der Waals surface area contributed by atoms with Crippen LogP contribution in [0.15, 0.2) is 47.6 Å². The van der Waals surface area contributed by atoms with Crippen molar-refractivity contribution in [3.63, 3.8) is 0 Å². The molecule has 0 aliphatic rings. The maximum absolute atomic E-state index is 13.7. The van der Waals surface area contributed by atoms with Crippen molar-refractivity contribution in [3.05, 3.63) is 54.1 Å². The van der Waals surface area contributed by atoms with Crippen LogP contribution in [0.5, 0.6) is 0 Å². The van der Waals surface area contributed by atoms with Crippen LogP contribution in [0, 0.1) is 5.82 Å². The number of nitrogens with zero attached hydrogens (tertiary/aromatic N) is 1. The predicted molar refractivity (Wildman–Crippen MR) is 70.0 cm³/mol. The molecule has 20 heavy (non-hydrogen) atoms. The van der Waals surface area contributed by atoms with Gasteiger partial charge in [-0.05, 0) is 30.3 Å². The van der Waals surface area contributed by atoms with Gasteiger partial charge in [-0.3, -0.25) is 9.78 Å². The number of carbonyl (C=O) groups excluding carboxylic acids is 1. The van der Waals surface area contributed by atoms with Gasteiger partial charge in [0.25, 0.3) is 5.91 Å². The molecule has 3 N–H and O–H groups in total. The number of benzene rings is 1. The molecule has 1 aromatic carbocycles. The molecule has 0 saturated heterocycles. The van der Waals surface area contributed by atoms with Crippen LogP contribution < -0.4 is 10.5 Å². The van der Waals surface area contributed by atoms with Gasteiger partial charge in [0.1, 0.15) is 5.82 Å². The zero-order valence-electron chi connectivity index (χ0n) is 10.1. The lowest BCUT2D eigenvalue weighted by Gasteiger charge is -2.07. The molecule has 0 radical (unpaired) electrons. The summed E-state index contributed by atoms with van der Waals surface area (Å²) in [6, 6.07) is 6.06. The lowest BCUT2D eigenvalue weighted by molar-refractivity contribution is 0.102. The summed E-state index contributed by atoms with van der Waals surface area (Å²) in [5.74, 6) is -1.45. The van der Waals surface area contributed by atoms with E-state index in [0.717, 1.165) is 18.2 Å². The molecule has 6 nitrogen and oxygen atoms in total. The minimum Gasteiger partial charge on any atom is -0.319 e. The van der Waals surface area contributed by atoms with Crippen LogP contribution in [-0.2, 0) is 10.0 Å². The van der Waals surface area contributed by atoms with Crippen LogP contribution in [0.2, 0.25) is 0 Å². The minimum absolute atomic E-state index is 0.147. The van der Waals surface area contributed by atoms with E-state index in [-0.39, 0.29) is 16.1 Å². The summed E-state index contributed by atoms with van der Waals surface area (Å²) in [4.78, 5) is 15.2. The average Bonchev–Trinajstić information content (AvgIpc) is 2.41. The summed E-state index contributed by atoms with van der Waals surface area (Å²) in [5, 5.41) is 7.19. The van der Waals surface area contributed by atoms with Crippen LogP contribution in [0.3, 0.4) is 0 Å². The number of amides is 1. The molecular weight excluding hydrogens is 285 g/mol. The Kier molecular flexibility index (Phi) is 3.77. The molecule has 0 bridgehead atoms. The molecule has 8 heteroatoms. The first-order valence-electron chi connectivity index (χ1n) is 5.41. The molecule has 0 saturated carbocycles. The first kappa shape index (κ1) is 14.1. The third kappa shape index (κ3) is 3.16. The molecule has 2 rings (SSSR count).